The Balaban J connectivity index is 1.81. The first-order valence-corrected chi connectivity index (χ1v) is 5.99. The van der Waals surface area contributed by atoms with Crippen molar-refractivity contribution >= 4 is 0 Å². The van der Waals surface area contributed by atoms with E-state index in [2.05, 4.69) is 17.0 Å². The number of fused-ring (bicyclic) bond motifs is 1. The summed E-state index contributed by atoms with van der Waals surface area (Å²) < 4.78 is 13.6. The molecule has 1 heterocycles. The second-order valence-electron chi connectivity index (χ2n) is 4.65. The van der Waals surface area contributed by atoms with Gasteiger partial charge in [-0.15, -0.1) is 0 Å². The third-order valence-corrected chi connectivity index (χ3v) is 3.36. The Hall–Kier alpha value is -1.87. The molecule has 0 atom stereocenters. The lowest BCUT2D eigenvalue weighted by Gasteiger charge is -2.14. The first kappa shape index (κ1) is 11.2. The van der Waals surface area contributed by atoms with Gasteiger partial charge in [-0.1, -0.05) is 30.3 Å². The normalized spacial score (nSPS) is 14.7. The molecule has 0 fully saturated rings. The highest BCUT2D eigenvalue weighted by molar-refractivity contribution is 5.42. The summed E-state index contributed by atoms with van der Waals surface area (Å²) in [5, 5.41) is 9.75. The standard InChI is InChI=1S/C15H14FNO/c16-14-6-7-15(18)13-10-17(9-12(13)14)8-11-4-2-1-3-5-11/h1-7,18H,8-10H2. The zero-order chi connectivity index (χ0) is 12.5. The number of phenols is 1. The van der Waals surface area contributed by atoms with Gasteiger partial charge in [0.1, 0.15) is 11.6 Å². The van der Waals surface area contributed by atoms with Gasteiger partial charge >= 0.3 is 0 Å². The molecule has 0 aromatic heterocycles. The van der Waals surface area contributed by atoms with Crippen LogP contribution in [0.5, 0.6) is 5.75 Å². The van der Waals surface area contributed by atoms with Crippen molar-refractivity contribution in [2.24, 2.45) is 0 Å². The molecular weight excluding hydrogens is 229 g/mol. The van der Waals surface area contributed by atoms with Crippen LogP contribution in [0.1, 0.15) is 16.7 Å². The van der Waals surface area contributed by atoms with Crippen LogP contribution >= 0.6 is 0 Å². The van der Waals surface area contributed by atoms with Gasteiger partial charge in [0.2, 0.25) is 0 Å². The van der Waals surface area contributed by atoms with Crippen LogP contribution < -0.4 is 0 Å². The molecule has 92 valence electrons. The van der Waals surface area contributed by atoms with E-state index in [1.165, 1.54) is 17.7 Å². The molecule has 0 radical (unpaired) electrons. The quantitative estimate of drug-likeness (QED) is 0.876. The van der Waals surface area contributed by atoms with E-state index in [4.69, 9.17) is 0 Å². The molecule has 2 aromatic carbocycles. The van der Waals surface area contributed by atoms with Crippen LogP contribution in [0.25, 0.3) is 0 Å². The van der Waals surface area contributed by atoms with Gasteiger partial charge in [-0.05, 0) is 17.7 Å². The van der Waals surface area contributed by atoms with E-state index >= 15 is 0 Å². The van der Waals surface area contributed by atoms with Gasteiger partial charge in [0.25, 0.3) is 0 Å². The summed E-state index contributed by atoms with van der Waals surface area (Å²) in [4.78, 5) is 2.13. The molecule has 1 N–H and O–H groups in total. The van der Waals surface area contributed by atoms with Gasteiger partial charge in [-0.25, -0.2) is 4.39 Å². The Morgan fingerprint density at radius 1 is 1.00 bits per heavy atom. The van der Waals surface area contributed by atoms with Crippen LogP contribution in [0.4, 0.5) is 4.39 Å². The van der Waals surface area contributed by atoms with Crippen LogP contribution in [-0.2, 0) is 19.6 Å². The minimum absolute atomic E-state index is 0.196. The van der Waals surface area contributed by atoms with Gasteiger partial charge in [0.15, 0.2) is 0 Å². The number of halogens is 1. The van der Waals surface area contributed by atoms with Crippen molar-refractivity contribution in [2.45, 2.75) is 19.6 Å². The molecule has 0 bridgehead atoms. The van der Waals surface area contributed by atoms with Gasteiger partial charge in [-0.2, -0.15) is 0 Å². The van der Waals surface area contributed by atoms with Crippen molar-refractivity contribution in [3.8, 4) is 5.75 Å². The molecule has 18 heavy (non-hydrogen) atoms. The van der Waals surface area contributed by atoms with Crippen LogP contribution in [-0.4, -0.2) is 10.0 Å². The smallest absolute Gasteiger partial charge is 0.128 e. The van der Waals surface area contributed by atoms with E-state index in [1.807, 2.05) is 18.2 Å². The average molecular weight is 243 g/mol. The van der Waals surface area contributed by atoms with Gasteiger partial charge in [-0.3, -0.25) is 4.90 Å². The predicted molar refractivity (Wildman–Crippen MR) is 67.5 cm³/mol. The second-order valence-corrected chi connectivity index (χ2v) is 4.65. The first-order valence-electron chi connectivity index (χ1n) is 5.99. The summed E-state index contributed by atoms with van der Waals surface area (Å²) >= 11 is 0. The molecule has 0 amide bonds. The topological polar surface area (TPSA) is 23.5 Å². The van der Waals surface area contributed by atoms with Crippen molar-refractivity contribution in [1.29, 1.82) is 0 Å². The summed E-state index contributed by atoms with van der Waals surface area (Å²) in [6, 6.07) is 12.8. The molecule has 2 aromatic rings. The zero-order valence-corrected chi connectivity index (χ0v) is 9.94. The summed E-state index contributed by atoms with van der Waals surface area (Å²) in [6.07, 6.45) is 0. The average Bonchev–Trinajstić information content (AvgIpc) is 2.80. The molecule has 1 aliphatic rings. The number of rotatable bonds is 2. The van der Waals surface area contributed by atoms with Gasteiger partial charge < -0.3 is 5.11 Å². The molecular formula is C15H14FNO. The lowest BCUT2D eigenvalue weighted by atomic mass is 10.1. The van der Waals surface area contributed by atoms with Crippen LogP contribution in [0.2, 0.25) is 0 Å². The van der Waals surface area contributed by atoms with Crippen molar-refractivity contribution in [3.63, 3.8) is 0 Å². The van der Waals surface area contributed by atoms with Crippen molar-refractivity contribution in [3.05, 3.63) is 65.0 Å². The maximum atomic E-state index is 13.6. The number of hydrogen-bond donors (Lipinski definition) is 1. The fourth-order valence-electron chi connectivity index (χ4n) is 2.46. The number of benzene rings is 2. The van der Waals surface area contributed by atoms with Crippen LogP contribution in [0.15, 0.2) is 42.5 Å². The third-order valence-electron chi connectivity index (χ3n) is 3.36. The predicted octanol–water partition coefficient (Wildman–Crippen LogP) is 3.05. The van der Waals surface area contributed by atoms with E-state index in [0.717, 1.165) is 12.1 Å². The number of nitrogens with zero attached hydrogens (tertiary/aromatic N) is 1. The van der Waals surface area contributed by atoms with Crippen LogP contribution in [0.3, 0.4) is 0 Å². The molecule has 3 rings (SSSR count). The number of aromatic hydroxyl groups is 1. The Kier molecular flexibility index (Phi) is 2.76. The summed E-state index contributed by atoms with van der Waals surface area (Å²) in [5.41, 5.74) is 2.56. The Labute approximate surface area is 105 Å². The molecule has 0 spiro atoms. The van der Waals surface area contributed by atoms with E-state index in [1.54, 1.807) is 0 Å². The van der Waals surface area contributed by atoms with Crippen molar-refractivity contribution < 1.29 is 9.50 Å². The van der Waals surface area contributed by atoms with Crippen molar-refractivity contribution in [1.82, 2.24) is 4.90 Å². The molecule has 3 heteroatoms. The van der Waals surface area contributed by atoms with Gasteiger partial charge in [0.05, 0.1) is 0 Å². The third kappa shape index (κ3) is 1.97. The highest BCUT2D eigenvalue weighted by Gasteiger charge is 2.24. The Bertz CT molecular complexity index is 537. The molecule has 0 saturated carbocycles. The van der Waals surface area contributed by atoms with E-state index in [-0.39, 0.29) is 11.6 Å². The lowest BCUT2D eigenvalue weighted by molar-refractivity contribution is 0.272. The van der Waals surface area contributed by atoms with Crippen molar-refractivity contribution in [2.75, 3.05) is 0 Å². The highest BCUT2D eigenvalue weighted by Crippen LogP contribution is 2.32. The Morgan fingerprint density at radius 3 is 2.44 bits per heavy atom. The molecule has 0 unspecified atom stereocenters. The zero-order valence-electron chi connectivity index (χ0n) is 9.94. The maximum Gasteiger partial charge on any atom is 0.128 e. The molecule has 1 aliphatic heterocycles. The summed E-state index contributed by atoms with van der Waals surface area (Å²) in [5.74, 6) is -0.0275. The molecule has 0 saturated heterocycles. The fourth-order valence-corrected chi connectivity index (χ4v) is 2.46. The van der Waals surface area contributed by atoms with E-state index in [9.17, 15) is 9.50 Å². The minimum atomic E-state index is -0.224. The molecule has 0 aliphatic carbocycles. The van der Waals surface area contributed by atoms with Gasteiger partial charge in [0, 0.05) is 30.8 Å². The summed E-state index contributed by atoms with van der Waals surface area (Å²) in [7, 11) is 0. The minimum Gasteiger partial charge on any atom is -0.508 e. The second kappa shape index (κ2) is 4.42. The van der Waals surface area contributed by atoms with Crippen LogP contribution in [0, 0.1) is 5.82 Å². The Morgan fingerprint density at radius 2 is 1.72 bits per heavy atom. The lowest BCUT2D eigenvalue weighted by Crippen LogP contribution is -2.15. The first-order chi connectivity index (χ1) is 8.74. The highest BCUT2D eigenvalue weighted by atomic mass is 19.1. The maximum absolute atomic E-state index is 13.6. The SMILES string of the molecule is Oc1ccc(F)c2c1CN(Cc1ccccc1)C2. The monoisotopic (exact) mass is 243 g/mol. The molecule has 2 nitrogen and oxygen atoms in total. The fraction of sp³-hybridized carbons (Fsp3) is 0.200. The summed E-state index contributed by atoms with van der Waals surface area (Å²) in [6.45, 7) is 1.94. The van der Waals surface area contributed by atoms with E-state index in [0.29, 0.717) is 18.7 Å². The number of phenolic OH excluding ortho intramolecular Hbond substituents is 1. The van der Waals surface area contributed by atoms with E-state index < -0.39 is 0 Å². The largest absolute Gasteiger partial charge is 0.508 e. The number of hydrogen-bond acceptors (Lipinski definition) is 2.